The Balaban J connectivity index is 1.67. The van der Waals surface area contributed by atoms with Gasteiger partial charge in [0, 0.05) is 24.3 Å². The molecule has 2 heterocycles. The summed E-state index contributed by atoms with van der Waals surface area (Å²) in [7, 11) is 0. The van der Waals surface area contributed by atoms with Crippen LogP contribution in [0.3, 0.4) is 0 Å². The van der Waals surface area contributed by atoms with Crippen LogP contribution in [0, 0.1) is 17.2 Å². The third-order valence-corrected chi connectivity index (χ3v) is 6.62. The lowest BCUT2D eigenvalue weighted by Crippen LogP contribution is -2.63. The van der Waals surface area contributed by atoms with E-state index in [0.717, 1.165) is 44.2 Å². The summed E-state index contributed by atoms with van der Waals surface area (Å²) >= 11 is 0. The van der Waals surface area contributed by atoms with Gasteiger partial charge in [0.25, 0.3) is 0 Å². The van der Waals surface area contributed by atoms with Gasteiger partial charge in [-0.15, -0.1) is 0 Å². The molecule has 1 saturated carbocycles. The first kappa shape index (κ1) is 14.0. The average molecular weight is 310 g/mol. The molecule has 1 aromatic carbocycles. The molecule has 1 N–H and O–H groups in total. The zero-order valence-electron chi connectivity index (χ0n) is 13.3. The zero-order valence-corrected chi connectivity index (χ0v) is 13.3. The first-order valence-electron chi connectivity index (χ1n) is 8.80. The summed E-state index contributed by atoms with van der Waals surface area (Å²) in [6.07, 6.45) is 5.30. The molecule has 23 heavy (non-hydrogen) atoms. The Morgan fingerprint density at radius 3 is 2.91 bits per heavy atom. The summed E-state index contributed by atoms with van der Waals surface area (Å²) in [4.78, 5) is 0. The number of fused-ring (bicyclic) bond motifs is 1. The summed E-state index contributed by atoms with van der Waals surface area (Å²) in [6, 6.07) is 9.17. The van der Waals surface area contributed by atoms with Gasteiger partial charge in [-0.2, -0.15) is 5.26 Å². The highest BCUT2D eigenvalue weighted by atomic mass is 16.7. The fourth-order valence-corrected chi connectivity index (χ4v) is 5.75. The smallest absolute Gasteiger partial charge is 0.169 e. The Morgan fingerprint density at radius 2 is 2.09 bits per heavy atom. The van der Waals surface area contributed by atoms with Gasteiger partial charge in [0.05, 0.1) is 24.8 Å². The molecule has 4 nitrogen and oxygen atoms in total. The zero-order chi connectivity index (χ0) is 15.5. The maximum Gasteiger partial charge on any atom is 0.169 e. The maximum atomic E-state index is 9.35. The summed E-state index contributed by atoms with van der Waals surface area (Å²) in [5.74, 6) is 0.256. The average Bonchev–Trinajstić information content (AvgIpc) is 3.01. The van der Waals surface area contributed by atoms with E-state index in [1.807, 2.05) is 6.07 Å². The highest BCUT2D eigenvalue weighted by molar-refractivity contribution is 5.47. The molecule has 0 aromatic heterocycles. The SMILES string of the molecule is N#Cc1ccc2c(c1)[C@]13CCN[C@H](C2)[C@@H]1CCC1(C3)OCCO1. The van der Waals surface area contributed by atoms with Crippen LogP contribution in [0.4, 0.5) is 0 Å². The molecule has 2 bridgehead atoms. The van der Waals surface area contributed by atoms with E-state index in [0.29, 0.717) is 25.2 Å². The van der Waals surface area contributed by atoms with E-state index in [1.54, 1.807) is 0 Å². The number of hydrogen-bond acceptors (Lipinski definition) is 4. The third-order valence-electron chi connectivity index (χ3n) is 6.62. The molecule has 2 aliphatic heterocycles. The topological polar surface area (TPSA) is 54.3 Å². The van der Waals surface area contributed by atoms with E-state index in [-0.39, 0.29) is 11.2 Å². The second-order valence-corrected chi connectivity index (χ2v) is 7.58. The fraction of sp³-hybridized carbons (Fsp3) is 0.632. The number of benzene rings is 1. The standard InChI is InChI=1S/C19H22N2O2/c20-11-13-1-2-14-10-17-15-3-4-19(22-7-8-23-19)12-18(15,5-6-21-17)16(14)9-13/h1-2,9,15,17,21H,3-8,10,12H2/t15-,17+,18-/m0/s1. The van der Waals surface area contributed by atoms with Crippen LogP contribution in [0.25, 0.3) is 0 Å². The lowest BCUT2D eigenvalue weighted by atomic mass is 9.51. The van der Waals surface area contributed by atoms with Crippen molar-refractivity contribution in [2.24, 2.45) is 5.92 Å². The quantitative estimate of drug-likeness (QED) is 0.798. The van der Waals surface area contributed by atoms with Crippen molar-refractivity contribution in [2.75, 3.05) is 19.8 Å². The molecule has 5 rings (SSSR count). The summed E-state index contributed by atoms with van der Waals surface area (Å²) in [5.41, 5.74) is 3.70. The normalized spacial score (nSPS) is 37.0. The molecular formula is C19H22N2O2. The van der Waals surface area contributed by atoms with Crippen molar-refractivity contribution in [3.05, 3.63) is 34.9 Å². The van der Waals surface area contributed by atoms with Crippen LogP contribution in [-0.4, -0.2) is 31.6 Å². The molecule has 4 heteroatoms. The number of nitrogens with zero attached hydrogens (tertiary/aromatic N) is 1. The van der Waals surface area contributed by atoms with Gasteiger partial charge >= 0.3 is 0 Å². The van der Waals surface area contributed by atoms with Gasteiger partial charge in [-0.1, -0.05) is 6.07 Å². The predicted octanol–water partition coefficient (Wildman–Crippen LogP) is 2.26. The largest absolute Gasteiger partial charge is 0.348 e. The maximum absolute atomic E-state index is 9.35. The Labute approximate surface area is 136 Å². The number of piperidine rings is 1. The van der Waals surface area contributed by atoms with Gasteiger partial charge < -0.3 is 14.8 Å². The van der Waals surface area contributed by atoms with Crippen molar-refractivity contribution in [2.45, 2.75) is 49.3 Å². The van der Waals surface area contributed by atoms with Crippen molar-refractivity contribution in [3.63, 3.8) is 0 Å². The minimum Gasteiger partial charge on any atom is -0.348 e. The van der Waals surface area contributed by atoms with Gasteiger partial charge in [0.15, 0.2) is 5.79 Å². The molecule has 3 fully saturated rings. The fourth-order valence-electron chi connectivity index (χ4n) is 5.75. The molecule has 3 atom stereocenters. The van der Waals surface area contributed by atoms with Gasteiger partial charge in [0.1, 0.15) is 0 Å². The Kier molecular flexibility index (Phi) is 2.91. The summed E-state index contributed by atoms with van der Waals surface area (Å²) in [5, 5.41) is 13.1. The molecule has 4 aliphatic rings. The summed E-state index contributed by atoms with van der Waals surface area (Å²) in [6.45, 7) is 2.48. The third kappa shape index (κ3) is 1.88. The molecule has 2 aliphatic carbocycles. The summed E-state index contributed by atoms with van der Waals surface area (Å²) < 4.78 is 12.2. The Morgan fingerprint density at radius 1 is 1.22 bits per heavy atom. The van der Waals surface area contributed by atoms with E-state index in [2.05, 4.69) is 23.5 Å². The van der Waals surface area contributed by atoms with Crippen LogP contribution >= 0.6 is 0 Å². The number of rotatable bonds is 0. The van der Waals surface area contributed by atoms with Crippen LogP contribution in [0.2, 0.25) is 0 Å². The van der Waals surface area contributed by atoms with Crippen molar-refractivity contribution in [1.82, 2.24) is 5.32 Å². The van der Waals surface area contributed by atoms with E-state index in [9.17, 15) is 5.26 Å². The number of hydrogen-bond donors (Lipinski definition) is 1. The highest BCUT2D eigenvalue weighted by Gasteiger charge is 2.59. The molecule has 1 aromatic rings. The molecular weight excluding hydrogens is 288 g/mol. The highest BCUT2D eigenvalue weighted by Crippen LogP contribution is 2.57. The van der Waals surface area contributed by atoms with E-state index in [4.69, 9.17) is 9.47 Å². The first-order chi connectivity index (χ1) is 11.2. The number of nitriles is 1. The Bertz CT molecular complexity index is 689. The van der Waals surface area contributed by atoms with E-state index < -0.39 is 0 Å². The van der Waals surface area contributed by atoms with Gasteiger partial charge in [-0.05, 0) is 55.0 Å². The molecule has 2 saturated heterocycles. The number of nitrogens with one attached hydrogen (secondary N) is 1. The predicted molar refractivity (Wildman–Crippen MR) is 84.9 cm³/mol. The molecule has 1 spiro atoms. The van der Waals surface area contributed by atoms with E-state index >= 15 is 0 Å². The van der Waals surface area contributed by atoms with Crippen LogP contribution in [0.5, 0.6) is 0 Å². The number of ether oxygens (including phenoxy) is 2. The van der Waals surface area contributed by atoms with Crippen LogP contribution < -0.4 is 5.32 Å². The lowest BCUT2D eigenvalue weighted by Gasteiger charge is -2.58. The lowest BCUT2D eigenvalue weighted by molar-refractivity contribution is -0.207. The van der Waals surface area contributed by atoms with Crippen molar-refractivity contribution in [1.29, 1.82) is 5.26 Å². The second kappa shape index (κ2) is 4.80. The molecule has 0 radical (unpaired) electrons. The van der Waals surface area contributed by atoms with Gasteiger partial charge in [-0.25, -0.2) is 0 Å². The van der Waals surface area contributed by atoms with Crippen molar-refractivity contribution >= 4 is 0 Å². The van der Waals surface area contributed by atoms with Crippen LogP contribution in [-0.2, 0) is 21.3 Å². The molecule has 120 valence electrons. The molecule has 0 amide bonds. The van der Waals surface area contributed by atoms with Crippen LogP contribution in [0.15, 0.2) is 18.2 Å². The second-order valence-electron chi connectivity index (χ2n) is 7.58. The minimum atomic E-state index is -0.379. The minimum absolute atomic E-state index is 0.110. The van der Waals surface area contributed by atoms with Gasteiger partial charge in [-0.3, -0.25) is 0 Å². The van der Waals surface area contributed by atoms with Crippen molar-refractivity contribution in [3.8, 4) is 6.07 Å². The van der Waals surface area contributed by atoms with Crippen molar-refractivity contribution < 1.29 is 9.47 Å². The van der Waals surface area contributed by atoms with E-state index in [1.165, 1.54) is 11.1 Å². The Hall–Kier alpha value is -1.41. The van der Waals surface area contributed by atoms with Gasteiger partial charge in [0.2, 0.25) is 0 Å². The monoisotopic (exact) mass is 310 g/mol. The van der Waals surface area contributed by atoms with Crippen LogP contribution in [0.1, 0.15) is 42.4 Å². The molecule has 0 unspecified atom stereocenters. The first-order valence-corrected chi connectivity index (χ1v) is 8.80.